The van der Waals surface area contributed by atoms with Crippen LogP contribution in [-0.2, 0) is 4.74 Å². The van der Waals surface area contributed by atoms with Gasteiger partial charge in [-0.2, -0.15) is 0 Å². The number of pyridine rings is 1. The summed E-state index contributed by atoms with van der Waals surface area (Å²) < 4.78 is 17.8. The molecule has 0 aromatic carbocycles. The maximum atomic E-state index is 12.6. The molecule has 1 aliphatic carbocycles. The topological polar surface area (TPSA) is 86.7 Å². The molecule has 2 fully saturated rings. The summed E-state index contributed by atoms with van der Waals surface area (Å²) in [5, 5.41) is 0. The Bertz CT molecular complexity index is 943. The van der Waals surface area contributed by atoms with Gasteiger partial charge in [0.15, 0.2) is 5.75 Å². The number of aryl methyl sites for hydroxylation is 1. The van der Waals surface area contributed by atoms with Crippen molar-refractivity contribution in [3.05, 3.63) is 35.9 Å². The molecule has 8 nitrogen and oxygen atoms in total. The summed E-state index contributed by atoms with van der Waals surface area (Å²) in [5.74, 6) is 1.97. The Balaban J connectivity index is 1.48. The number of rotatable bonds is 4. The van der Waals surface area contributed by atoms with Gasteiger partial charge in [0.2, 0.25) is 11.8 Å². The van der Waals surface area contributed by atoms with Crippen molar-refractivity contribution >= 4 is 6.09 Å². The lowest BCUT2D eigenvalue weighted by molar-refractivity contribution is 0.00197. The van der Waals surface area contributed by atoms with Crippen LogP contribution in [0, 0.1) is 19.8 Å². The highest BCUT2D eigenvalue weighted by atomic mass is 16.6. The number of carbonyl (C=O) groups is 1. The Morgan fingerprint density at radius 1 is 1.13 bits per heavy atom. The van der Waals surface area contributed by atoms with Gasteiger partial charge in [-0.05, 0) is 65.5 Å². The average molecular weight is 412 g/mol. The number of nitrogens with zero attached hydrogens (tertiary/aromatic N) is 4. The number of hydrogen-bond donors (Lipinski definition) is 0. The second kappa shape index (κ2) is 7.74. The summed E-state index contributed by atoms with van der Waals surface area (Å²) in [6, 6.07) is 3.65. The van der Waals surface area contributed by atoms with Crippen LogP contribution < -0.4 is 9.47 Å². The van der Waals surface area contributed by atoms with Gasteiger partial charge in [0.25, 0.3) is 0 Å². The van der Waals surface area contributed by atoms with Crippen LogP contribution in [0.15, 0.2) is 24.7 Å². The first-order chi connectivity index (χ1) is 14.2. The van der Waals surface area contributed by atoms with Gasteiger partial charge in [-0.15, -0.1) is 0 Å². The number of likely N-dealkylation sites (tertiary alicyclic amines) is 1. The van der Waals surface area contributed by atoms with E-state index in [2.05, 4.69) is 15.0 Å². The Labute approximate surface area is 176 Å². The van der Waals surface area contributed by atoms with E-state index in [0.717, 1.165) is 25.1 Å². The molecule has 30 heavy (non-hydrogen) atoms. The smallest absolute Gasteiger partial charge is 0.410 e. The van der Waals surface area contributed by atoms with E-state index in [1.165, 1.54) is 6.33 Å². The van der Waals surface area contributed by atoms with Gasteiger partial charge >= 0.3 is 6.09 Å². The summed E-state index contributed by atoms with van der Waals surface area (Å²) in [5.41, 5.74) is 0.973. The van der Waals surface area contributed by atoms with Gasteiger partial charge in [0.05, 0.1) is 17.3 Å². The van der Waals surface area contributed by atoms with Crippen molar-refractivity contribution < 1.29 is 19.0 Å². The molecule has 2 aliphatic rings. The molecule has 1 saturated carbocycles. The Kier molecular flexibility index (Phi) is 5.26. The minimum absolute atomic E-state index is 0.0100. The zero-order valence-electron chi connectivity index (χ0n) is 18.1. The summed E-state index contributed by atoms with van der Waals surface area (Å²) in [6.45, 7) is 10.1. The molecule has 1 amide bonds. The summed E-state index contributed by atoms with van der Waals surface area (Å²) in [6.07, 6.45) is 4.56. The molecule has 2 bridgehead atoms. The van der Waals surface area contributed by atoms with Gasteiger partial charge in [-0.25, -0.2) is 14.8 Å². The van der Waals surface area contributed by atoms with Crippen LogP contribution >= 0.6 is 0 Å². The minimum atomic E-state index is -0.519. The number of ether oxygens (including phenoxy) is 3. The molecule has 0 radical (unpaired) electrons. The first-order valence-corrected chi connectivity index (χ1v) is 10.3. The molecule has 2 aromatic heterocycles. The quantitative estimate of drug-likeness (QED) is 0.748. The third-order valence-electron chi connectivity index (χ3n) is 5.47. The van der Waals surface area contributed by atoms with Crippen molar-refractivity contribution in [1.82, 2.24) is 19.9 Å². The molecule has 0 spiro atoms. The highest BCUT2D eigenvalue weighted by molar-refractivity contribution is 5.69. The number of hydrogen-bond acceptors (Lipinski definition) is 7. The van der Waals surface area contributed by atoms with Gasteiger partial charge in [0.1, 0.15) is 18.0 Å². The Hall–Kier alpha value is -2.90. The zero-order valence-corrected chi connectivity index (χ0v) is 18.1. The van der Waals surface area contributed by atoms with E-state index >= 15 is 0 Å². The van der Waals surface area contributed by atoms with Crippen LogP contribution in [0.1, 0.15) is 44.9 Å². The number of carbonyl (C=O) groups excluding carboxylic acids is 1. The van der Waals surface area contributed by atoms with E-state index in [1.54, 1.807) is 11.1 Å². The maximum absolute atomic E-state index is 12.6. The van der Waals surface area contributed by atoms with E-state index in [4.69, 9.17) is 14.2 Å². The highest BCUT2D eigenvalue weighted by Crippen LogP contribution is 2.41. The van der Waals surface area contributed by atoms with E-state index in [-0.39, 0.29) is 18.2 Å². The van der Waals surface area contributed by atoms with Crippen molar-refractivity contribution in [2.75, 3.05) is 6.54 Å². The predicted octanol–water partition coefficient (Wildman–Crippen LogP) is 4.06. The van der Waals surface area contributed by atoms with Gasteiger partial charge in [0, 0.05) is 12.7 Å². The summed E-state index contributed by atoms with van der Waals surface area (Å²) >= 11 is 0. The second-order valence-electron chi connectivity index (χ2n) is 8.99. The molecule has 0 unspecified atom stereocenters. The molecule has 160 valence electrons. The second-order valence-corrected chi connectivity index (χ2v) is 8.99. The first-order valence-electron chi connectivity index (χ1n) is 10.3. The normalized spacial score (nSPS) is 22.8. The van der Waals surface area contributed by atoms with E-state index in [1.807, 2.05) is 46.8 Å². The fraction of sp³-hybridized carbons (Fsp3) is 0.545. The number of piperidine rings is 1. The average Bonchev–Trinajstić information content (AvgIpc) is 3.26. The number of amides is 1. The van der Waals surface area contributed by atoms with Gasteiger partial charge in [-0.1, -0.05) is 0 Å². The van der Waals surface area contributed by atoms with E-state index in [9.17, 15) is 4.79 Å². The fourth-order valence-electron chi connectivity index (χ4n) is 4.09. The lowest BCUT2D eigenvalue weighted by atomic mass is 10.1. The molecular weight excluding hydrogens is 384 g/mol. The van der Waals surface area contributed by atoms with Crippen molar-refractivity contribution in [3.63, 3.8) is 0 Å². The monoisotopic (exact) mass is 412 g/mol. The predicted molar refractivity (Wildman–Crippen MR) is 110 cm³/mol. The summed E-state index contributed by atoms with van der Waals surface area (Å²) in [7, 11) is 0. The lowest BCUT2D eigenvalue weighted by Crippen LogP contribution is -2.48. The number of aromatic nitrogens is 3. The molecule has 4 rings (SSSR count). The maximum Gasteiger partial charge on any atom is 0.410 e. The van der Waals surface area contributed by atoms with Crippen LogP contribution in [0.5, 0.6) is 17.5 Å². The lowest BCUT2D eigenvalue weighted by Gasteiger charge is -2.34. The van der Waals surface area contributed by atoms with Crippen LogP contribution in [-0.4, -0.2) is 50.2 Å². The zero-order chi connectivity index (χ0) is 21.5. The summed E-state index contributed by atoms with van der Waals surface area (Å²) in [4.78, 5) is 27.2. The molecule has 8 heteroatoms. The molecule has 0 N–H and O–H groups in total. The van der Waals surface area contributed by atoms with Gasteiger partial charge < -0.3 is 19.1 Å². The van der Waals surface area contributed by atoms with Gasteiger partial charge in [-0.3, -0.25) is 4.98 Å². The van der Waals surface area contributed by atoms with Crippen molar-refractivity contribution in [3.8, 4) is 17.5 Å². The van der Waals surface area contributed by atoms with Crippen LogP contribution in [0.2, 0.25) is 0 Å². The first kappa shape index (κ1) is 20.4. The Morgan fingerprint density at radius 3 is 2.60 bits per heavy atom. The Morgan fingerprint density at radius 2 is 1.90 bits per heavy atom. The standard InChI is InChI=1S/C22H28N4O4/c1-13-19(28-17-7-6-8-23-14(17)2)24-12-25-20(13)29-18-10-15-9-16(18)26(11-15)21(27)30-22(3,4)5/h6-8,12,15-16,18H,9-11H2,1-5H3/t15-,16+,18-/m0/s1. The molecule has 3 heterocycles. The molecule has 1 saturated heterocycles. The largest absolute Gasteiger partial charge is 0.472 e. The highest BCUT2D eigenvalue weighted by Gasteiger charge is 2.49. The SMILES string of the molecule is Cc1ncccc1Oc1ncnc(O[C@H]2C[C@@H]3C[C@H]2N(C(=O)OC(C)(C)C)C3)c1C. The third-order valence-corrected chi connectivity index (χ3v) is 5.47. The van der Waals surface area contributed by atoms with Crippen molar-refractivity contribution in [2.24, 2.45) is 5.92 Å². The van der Waals surface area contributed by atoms with Crippen LogP contribution in [0.4, 0.5) is 4.79 Å². The molecule has 2 aromatic rings. The molecule has 3 atom stereocenters. The van der Waals surface area contributed by atoms with E-state index in [0.29, 0.717) is 29.0 Å². The minimum Gasteiger partial charge on any atom is -0.472 e. The third kappa shape index (κ3) is 4.17. The van der Waals surface area contributed by atoms with Crippen LogP contribution in [0.25, 0.3) is 0 Å². The number of fused-ring (bicyclic) bond motifs is 2. The molecule has 1 aliphatic heterocycles. The molecular formula is C22H28N4O4. The fourth-order valence-corrected chi connectivity index (χ4v) is 4.09. The van der Waals surface area contributed by atoms with Crippen molar-refractivity contribution in [2.45, 2.75) is 65.2 Å². The van der Waals surface area contributed by atoms with E-state index < -0.39 is 5.60 Å². The van der Waals surface area contributed by atoms with Crippen LogP contribution in [0.3, 0.4) is 0 Å². The van der Waals surface area contributed by atoms with Crippen molar-refractivity contribution in [1.29, 1.82) is 0 Å².